The summed E-state index contributed by atoms with van der Waals surface area (Å²) in [5.74, 6) is 0.631. The van der Waals surface area contributed by atoms with Crippen LogP contribution < -0.4 is 5.32 Å². The van der Waals surface area contributed by atoms with Crippen LogP contribution >= 0.6 is 0 Å². The van der Waals surface area contributed by atoms with E-state index in [0.717, 1.165) is 25.8 Å². The number of carbonyl (C=O) groups is 1. The summed E-state index contributed by atoms with van der Waals surface area (Å²) in [4.78, 5) is 10.8. The highest BCUT2D eigenvalue weighted by atomic mass is 16.1. The monoisotopic (exact) mass is 193 g/mol. The molecule has 76 valence electrons. The van der Waals surface area contributed by atoms with Crippen LogP contribution in [-0.2, 0) is 17.6 Å². The van der Waals surface area contributed by atoms with Crippen molar-refractivity contribution in [2.75, 3.05) is 6.54 Å². The highest BCUT2D eigenvalue weighted by molar-refractivity contribution is 5.72. The fraction of sp³-hybridized carbons (Fsp3) is 0.600. The van der Waals surface area contributed by atoms with E-state index >= 15 is 0 Å². The number of hydrogen-bond acceptors (Lipinski definition) is 2. The molecule has 0 aromatic carbocycles. The smallest absolute Gasteiger partial charge is 0.216 e. The number of nitrogens with zero attached hydrogens (tertiary/aromatic N) is 1. The summed E-state index contributed by atoms with van der Waals surface area (Å²) in [6.07, 6.45) is 5.12. The third kappa shape index (κ3) is 1.95. The predicted molar refractivity (Wildman–Crippen MR) is 52.8 cm³/mol. The van der Waals surface area contributed by atoms with Crippen LogP contribution in [0.15, 0.2) is 6.20 Å². The van der Waals surface area contributed by atoms with Gasteiger partial charge >= 0.3 is 0 Å². The van der Waals surface area contributed by atoms with Gasteiger partial charge in [-0.15, -0.1) is 0 Å². The van der Waals surface area contributed by atoms with Crippen molar-refractivity contribution in [2.24, 2.45) is 5.92 Å². The van der Waals surface area contributed by atoms with E-state index < -0.39 is 0 Å². The molecule has 0 bridgehead atoms. The second-order valence-corrected chi connectivity index (χ2v) is 3.92. The lowest BCUT2D eigenvalue weighted by molar-refractivity contribution is -0.119. The number of aromatic amines is 1. The van der Waals surface area contributed by atoms with Gasteiger partial charge in [-0.1, -0.05) is 0 Å². The van der Waals surface area contributed by atoms with Crippen LogP contribution in [0.25, 0.3) is 0 Å². The number of aromatic nitrogens is 2. The van der Waals surface area contributed by atoms with E-state index in [9.17, 15) is 4.79 Å². The van der Waals surface area contributed by atoms with Crippen molar-refractivity contribution in [3.05, 3.63) is 17.5 Å². The Morgan fingerprint density at radius 2 is 2.64 bits per heavy atom. The molecule has 14 heavy (non-hydrogen) atoms. The Labute approximate surface area is 83.1 Å². The van der Waals surface area contributed by atoms with Gasteiger partial charge in [0.05, 0.1) is 6.20 Å². The first kappa shape index (κ1) is 9.24. The minimum Gasteiger partial charge on any atom is -0.356 e. The van der Waals surface area contributed by atoms with E-state index in [0.29, 0.717) is 5.92 Å². The minimum atomic E-state index is 0.0583. The Kier molecular flexibility index (Phi) is 2.52. The number of hydrogen-bond donors (Lipinski definition) is 2. The van der Waals surface area contributed by atoms with Crippen LogP contribution in [-0.4, -0.2) is 22.6 Å². The first-order valence-electron chi connectivity index (χ1n) is 5.01. The lowest BCUT2D eigenvalue weighted by atomic mass is 9.88. The third-order valence-electron chi connectivity index (χ3n) is 2.76. The summed E-state index contributed by atoms with van der Waals surface area (Å²) in [5.41, 5.74) is 2.58. The van der Waals surface area contributed by atoms with Gasteiger partial charge in [-0.3, -0.25) is 9.89 Å². The van der Waals surface area contributed by atoms with Crippen molar-refractivity contribution >= 4 is 5.91 Å². The average molecular weight is 193 g/mol. The number of rotatable bonds is 2. The summed E-state index contributed by atoms with van der Waals surface area (Å²) in [6.45, 7) is 2.35. The van der Waals surface area contributed by atoms with Crippen LogP contribution in [0.1, 0.15) is 24.6 Å². The van der Waals surface area contributed by atoms with Crippen molar-refractivity contribution in [3.63, 3.8) is 0 Å². The highest BCUT2D eigenvalue weighted by Crippen LogP contribution is 2.22. The Morgan fingerprint density at radius 1 is 1.79 bits per heavy atom. The molecule has 0 saturated carbocycles. The molecule has 1 heterocycles. The van der Waals surface area contributed by atoms with Gasteiger partial charge in [0, 0.05) is 19.2 Å². The predicted octanol–water partition coefficient (Wildman–Crippen LogP) is 0.651. The molecule has 1 aliphatic carbocycles. The molecule has 1 atom stereocenters. The van der Waals surface area contributed by atoms with Crippen molar-refractivity contribution in [3.8, 4) is 0 Å². The molecular weight excluding hydrogens is 178 g/mol. The van der Waals surface area contributed by atoms with E-state index in [4.69, 9.17) is 0 Å². The molecule has 1 aromatic rings. The lowest BCUT2D eigenvalue weighted by Crippen LogP contribution is -2.30. The summed E-state index contributed by atoms with van der Waals surface area (Å²) < 4.78 is 0. The third-order valence-corrected chi connectivity index (χ3v) is 2.76. The Bertz CT molecular complexity index is 332. The molecule has 2 N–H and O–H groups in total. The number of amides is 1. The molecule has 0 spiro atoms. The molecule has 4 heteroatoms. The fourth-order valence-electron chi connectivity index (χ4n) is 1.95. The lowest BCUT2D eigenvalue weighted by Gasteiger charge is -2.21. The average Bonchev–Trinajstić information content (AvgIpc) is 2.61. The second-order valence-electron chi connectivity index (χ2n) is 3.92. The zero-order chi connectivity index (χ0) is 9.97. The molecule has 1 aliphatic rings. The quantitative estimate of drug-likeness (QED) is 0.724. The molecule has 0 fully saturated rings. The van der Waals surface area contributed by atoms with E-state index in [2.05, 4.69) is 15.5 Å². The van der Waals surface area contributed by atoms with Gasteiger partial charge in [-0.25, -0.2) is 0 Å². The van der Waals surface area contributed by atoms with Crippen molar-refractivity contribution in [1.82, 2.24) is 15.5 Å². The summed E-state index contributed by atoms with van der Waals surface area (Å²) in [7, 11) is 0. The molecule has 1 aromatic heterocycles. The highest BCUT2D eigenvalue weighted by Gasteiger charge is 2.19. The van der Waals surface area contributed by atoms with Gasteiger partial charge < -0.3 is 5.32 Å². The first-order chi connectivity index (χ1) is 6.75. The SMILES string of the molecule is CC(=O)NCC1CCc2[nH]ncc2C1. The maximum Gasteiger partial charge on any atom is 0.216 e. The van der Waals surface area contributed by atoms with Crippen molar-refractivity contribution in [1.29, 1.82) is 0 Å². The molecule has 0 aliphatic heterocycles. The largest absolute Gasteiger partial charge is 0.356 e. The van der Waals surface area contributed by atoms with Gasteiger partial charge in [-0.05, 0) is 30.7 Å². The van der Waals surface area contributed by atoms with Gasteiger partial charge in [-0.2, -0.15) is 5.10 Å². The number of carbonyl (C=O) groups excluding carboxylic acids is 1. The van der Waals surface area contributed by atoms with E-state index in [-0.39, 0.29) is 5.91 Å². The number of fused-ring (bicyclic) bond motifs is 1. The molecule has 2 rings (SSSR count). The van der Waals surface area contributed by atoms with Crippen LogP contribution in [0, 0.1) is 5.92 Å². The standard InChI is InChI=1S/C10H15N3O/c1-7(14)11-5-8-2-3-10-9(4-8)6-12-13-10/h6,8H,2-5H2,1H3,(H,11,14)(H,12,13). The van der Waals surface area contributed by atoms with E-state index in [1.807, 2.05) is 6.20 Å². The topological polar surface area (TPSA) is 57.8 Å². The molecular formula is C10H15N3O. The second kappa shape index (κ2) is 3.82. The zero-order valence-corrected chi connectivity index (χ0v) is 8.34. The minimum absolute atomic E-state index is 0.0583. The number of nitrogens with one attached hydrogen (secondary N) is 2. The van der Waals surface area contributed by atoms with Crippen LogP contribution in [0.4, 0.5) is 0 Å². The molecule has 4 nitrogen and oxygen atoms in total. The van der Waals surface area contributed by atoms with Gasteiger partial charge in [0.2, 0.25) is 5.91 Å². The normalized spacial score (nSPS) is 20.2. The fourth-order valence-corrected chi connectivity index (χ4v) is 1.95. The van der Waals surface area contributed by atoms with Crippen molar-refractivity contribution < 1.29 is 4.79 Å². The van der Waals surface area contributed by atoms with Crippen molar-refractivity contribution in [2.45, 2.75) is 26.2 Å². The molecule has 1 unspecified atom stereocenters. The summed E-state index contributed by atoms with van der Waals surface area (Å²) in [5, 5.41) is 9.90. The Balaban J connectivity index is 1.91. The number of H-pyrrole nitrogens is 1. The zero-order valence-electron chi connectivity index (χ0n) is 8.34. The number of aryl methyl sites for hydroxylation is 1. The van der Waals surface area contributed by atoms with E-state index in [1.54, 1.807) is 6.92 Å². The summed E-state index contributed by atoms with van der Waals surface area (Å²) in [6, 6.07) is 0. The van der Waals surface area contributed by atoms with Crippen LogP contribution in [0.3, 0.4) is 0 Å². The first-order valence-corrected chi connectivity index (χ1v) is 5.01. The summed E-state index contributed by atoms with van der Waals surface area (Å²) >= 11 is 0. The van der Waals surface area contributed by atoms with Gasteiger partial charge in [0.15, 0.2) is 0 Å². The van der Waals surface area contributed by atoms with Crippen LogP contribution in [0.2, 0.25) is 0 Å². The van der Waals surface area contributed by atoms with Crippen LogP contribution in [0.5, 0.6) is 0 Å². The Hall–Kier alpha value is -1.32. The maximum absolute atomic E-state index is 10.8. The molecule has 0 saturated heterocycles. The maximum atomic E-state index is 10.8. The van der Waals surface area contributed by atoms with Gasteiger partial charge in [0.25, 0.3) is 0 Å². The molecule has 0 radical (unpaired) electrons. The molecule has 1 amide bonds. The van der Waals surface area contributed by atoms with E-state index in [1.165, 1.54) is 11.3 Å². The Morgan fingerprint density at radius 3 is 3.43 bits per heavy atom. The van der Waals surface area contributed by atoms with Gasteiger partial charge in [0.1, 0.15) is 0 Å².